The molecule has 0 aromatic heterocycles. The van der Waals surface area contributed by atoms with Crippen LogP contribution < -0.4 is 15.5 Å². The van der Waals surface area contributed by atoms with Crippen molar-refractivity contribution in [2.45, 2.75) is 39.0 Å². The summed E-state index contributed by atoms with van der Waals surface area (Å²) in [6, 6.07) is 2.26. The Hall–Kier alpha value is -3.40. The van der Waals surface area contributed by atoms with Crippen molar-refractivity contribution in [3.8, 4) is 5.75 Å². The molecule has 1 aromatic carbocycles. The van der Waals surface area contributed by atoms with Crippen LogP contribution in [-0.4, -0.2) is 43.7 Å². The van der Waals surface area contributed by atoms with E-state index in [4.69, 9.17) is 0 Å². The van der Waals surface area contributed by atoms with Crippen LogP contribution in [0.4, 0.5) is 10.5 Å². The average molecular weight is 472 g/mol. The maximum Gasteiger partial charge on any atom is 0.328 e. The normalized spacial score (nSPS) is 19.8. The molecule has 1 aromatic rings. The summed E-state index contributed by atoms with van der Waals surface area (Å²) in [5.41, 5.74) is 1.64. The molecule has 0 radical (unpaired) electrons. The van der Waals surface area contributed by atoms with Gasteiger partial charge in [0.05, 0.1) is 17.0 Å². The number of hydrogen-bond acceptors (Lipinski definition) is 6. The molecule has 3 aliphatic rings. The molecule has 0 atom stereocenters. The summed E-state index contributed by atoms with van der Waals surface area (Å²) < 4.78 is 23.7. The highest BCUT2D eigenvalue weighted by molar-refractivity contribution is 7.94. The van der Waals surface area contributed by atoms with Gasteiger partial charge in [0.15, 0.2) is 9.84 Å². The zero-order valence-corrected chi connectivity index (χ0v) is 19.4. The van der Waals surface area contributed by atoms with Crippen molar-refractivity contribution >= 4 is 33.4 Å². The third kappa shape index (κ3) is 4.43. The van der Waals surface area contributed by atoms with Crippen LogP contribution in [0, 0.1) is 0 Å². The molecule has 33 heavy (non-hydrogen) atoms. The Morgan fingerprint density at radius 1 is 1.18 bits per heavy atom. The zero-order valence-electron chi connectivity index (χ0n) is 18.6. The van der Waals surface area contributed by atoms with E-state index in [1.807, 2.05) is 20.8 Å². The lowest BCUT2D eigenvalue weighted by molar-refractivity contribution is -0.118. The minimum absolute atomic E-state index is 0.0942. The molecule has 4 rings (SSSR count). The lowest BCUT2D eigenvalue weighted by Gasteiger charge is -2.29. The van der Waals surface area contributed by atoms with Crippen molar-refractivity contribution in [2.75, 3.05) is 17.2 Å². The number of carbonyl (C=O) groups is 3. The molecule has 10 heteroatoms. The molecule has 174 valence electrons. The number of aromatic hydroxyl groups is 1. The first-order valence-corrected chi connectivity index (χ1v) is 12.2. The summed E-state index contributed by atoms with van der Waals surface area (Å²) in [6.45, 7) is 5.76. The monoisotopic (exact) mass is 471 g/mol. The number of urea groups is 1. The van der Waals surface area contributed by atoms with E-state index in [2.05, 4.69) is 10.6 Å². The number of hydrogen-bond donors (Lipinski definition) is 3. The second-order valence-electron chi connectivity index (χ2n) is 9.29. The third-order valence-corrected chi connectivity index (χ3v) is 7.05. The number of allylic oxidation sites excluding steroid dienone is 3. The molecule has 1 saturated heterocycles. The van der Waals surface area contributed by atoms with Crippen molar-refractivity contribution < 1.29 is 27.9 Å². The minimum Gasteiger partial charge on any atom is -0.507 e. The average Bonchev–Trinajstić information content (AvgIpc) is 3.00. The number of benzene rings is 1. The number of imide groups is 1. The van der Waals surface area contributed by atoms with Gasteiger partial charge in [-0.15, -0.1) is 0 Å². The highest BCUT2D eigenvalue weighted by Crippen LogP contribution is 2.38. The number of anilines is 1. The maximum atomic E-state index is 13.2. The fourth-order valence-electron chi connectivity index (χ4n) is 4.04. The largest absolute Gasteiger partial charge is 0.507 e. The highest BCUT2D eigenvalue weighted by atomic mass is 32.2. The van der Waals surface area contributed by atoms with Crippen molar-refractivity contribution in [2.24, 2.45) is 0 Å². The van der Waals surface area contributed by atoms with Gasteiger partial charge in [-0.1, -0.05) is 26.8 Å². The number of sulfone groups is 1. The molecule has 1 aliphatic carbocycles. The summed E-state index contributed by atoms with van der Waals surface area (Å²) in [4.78, 5) is 38.9. The van der Waals surface area contributed by atoms with Crippen LogP contribution in [0.3, 0.4) is 0 Å². The van der Waals surface area contributed by atoms with Gasteiger partial charge in [-0.25, -0.2) is 18.1 Å². The predicted octanol–water partition coefficient (Wildman–Crippen LogP) is 2.39. The van der Waals surface area contributed by atoms with Gasteiger partial charge in [0.25, 0.3) is 5.91 Å². The smallest absolute Gasteiger partial charge is 0.328 e. The first kappa shape index (κ1) is 22.8. The molecule has 0 spiro atoms. The summed E-state index contributed by atoms with van der Waals surface area (Å²) >= 11 is 0. The van der Waals surface area contributed by atoms with E-state index >= 15 is 0 Å². The number of phenolic OH excluding ortho intramolecular Hbond substituents is 1. The molecule has 2 heterocycles. The Balaban J connectivity index is 1.70. The number of nitrogens with zero attached hydrogens (tertiary/aromatic N) is 1. The number of fused-ring (bicyclic) bond motifs is 1. The Kier molecular flexibility index (Phi) is 5.44. The summed E-state index contributed by atoms with van der Waals surface area (Å²) in [5, 5.41) is 17.5. The first-order valence-electron chi connectivity index (χ1n) is 10.5. The van der Waals surface area contributed by atoms with Crippen molar-refractivity contribution in [1.82, 2.24) is 10.6 Å². The Morgan fingerprint density at radius 2 is 1.91 bits per heavy atom. The van der Waals surface area contributed by atoms with Gasteiger partial charge < -0.3 is 15.7 Å². The SMILES string of the molecule is CC(C)(C)c1cc(N2C(=O)CCNC2=O)cc(C(=O)NC2=CCC3=CS(=O)(=O)CC3=C2)c1O. The Morgan fingerprint density at radius 3 is 2.58 bits per heavy atom. The fraction of sp³-hybridized carbons (Fsp3) is 0.348. The van der Waals surface area contributed by atoms with Gasteiger partial charge in [-0.2, -0.15) is 0 Å². The molecular formula is C23H25N3O6S. The molecule has 0 saturated carbocycles. The second kappa shape index (κ2) is 7.87. The van der Waals surface area contributed by atoms with E-state index in [-0.39, 0.29) is 35.7 Å². The van der Waals surface area contributed by atoms with Crippen LogP contribution in [0.15, 0.2) is 46.5 Å². The molecule has 1 fully saturated rings. The minimum atomic E-state index is -3.28. The summed E-state index contributed by atoms with van der Waals surface area (Å²) in [5.74, 6) is -1.41. The quantitative estimate of drug-likeness (QED) is 0.620. The van der Waals surface area contributed by atoms with E-state index in [9.17, 15) is 27.9 Å². The Bertz CT molecular complexity index is 1270. The molecule has 0 bridgehead atoms. The number of rotatable bonds is 3. The van der Waals surface area contributed by atoms with E-state index in [0.717, 1.165) is 4.90 Å². The topological polar surface area (TPSA) is 133 Å². The zero-order chi connectivity index (χ0) is 24.1. The predicted molar refractivity (Wildman–Crippen MR) is 122 cm³/mol. The Labute approximate surface area is 191 Å². The molecule has 3 N–H and O–H groups in total. The molecule has 4 amide bonds. The van der Waals surface area contributed by atoms with E-state index < -0.39 is 33.1 Å². The fourth-order valence-corrected chi connectivity index (χ4v) is 5.51. The summed E-state index contributed by atoms with van der Waals surface area (Å²) in [7, 11) is -3.28. The van der Waals surface area contributed by atoms with Crippen LogP contribution in [0.1, 0.15) is 49.5 Å². The van der Waals surface area contributed by atoms with Gasteiger partial charge in [0.1, 0.15) is 5.75 Å². The molecule has 9 nitrogen and oxygen atoms in total. The van der Waals surface area contributed by atoms with Gasteiger partial charge in [-0.05, 0) is 41.2 Å². The van der Waals surface area contributed by atoms with Crippen LogP contribution in [-0.2, 0) is 20.0 Å². The number of carbonyl (C=O) groups excluding carboxylic acids is 3. The number of phenols is 1. The molecule has 2 aliphatic heterocycles. The van der Waals surface area contributed by atoms with Crippen LogP contribution in [0.25, 0.3) is 0 Å². The van der Waals surface area contributed by atoms with Crippen molar-refractivity contribution in [1.29, 1.82) is 0 Å². The van der Waals surface area contributed by atoms with Crippen molar-refractivity contribution in [3.63, 3.8) is 0 Å². The number of nitrogens with one attached hydrogen (secondary N) is 2. The lowest BCUT2D eigenvalue weighted by Crippen LogP contribution is -2.50. The maximum absolute atomic E-state index is 13.2. The van der Waals surface area contributed by atoms with Gasteiger partial charge in [0.2, 0.25) is 5.91 Å². The molecule has 0 unspecified atom stereocenters. The van der Waals surface area contributed by atoms with E-state index in [1.54, 1.807) is 12.2 Å². The van der Waals surface area contributed by atoms with Crippen LogP contribution in [0.2, 0.25) is 0 Å². The first-order chi connectivity index (χ1) is 15.4. The van der Waals surface area contributed by atoms with E-state index in [0.29, 0.717) is 28.8 Å². The van der Waals surface area contributed by atoms with Gasteiger partial charge >= 0.3 is 6.03 Å². The summed E-state index contributed by atoms with van der Waals surface area (Å²) in [6.07, 6.45) is 3.78. The molecular weight excluding hydrogens is 446 g/mol. The second-order valence-corrected chi connectivity index (χ2v) is 11.1. The van der Waals surface area contributed by atoms with Gasteiger partial charge in [0, 0.05) is 29.6 Å². The highest BCUT2D eigenvalue weighted by Gasteiger charge is 2.32. The standard InChI is InChI=1S/C23H25N3O6S/c1-23(2,3)18-10-16(26-19(27)6-7-24-22(26)30)9-17(20(18)28)21(29)25-15-5-4-13-11-33(31,32)12-14(13)8-15/h5,8-11,28H,4,6-7,12H2,1-3H3,(H,24,30)(H,25,29). The van der Waals surface area contributed by atoms with Crippen molar-refractivity contribution in [3.05, 3.63) is 57.7 Å². The van der Waals surface area contributed by atoms with Gasteiger partial charge in [-0.3, -0.25) is 9.59 Å². The van der Waals surface area contributed by atoms with Crippen LogP contribution >= 0.6 is 0 Å². The lowest BCUT2D eigenvalue weighted by atomic mass is 9.84. The third-order valence-electron chi connectivity index (χ3n) is 5.69. The van der Waals surface area contributed by atoms with E-state index in [1.165, 1.54) is 17.5 Å². The number of amides is 4. The van der Waals surface area contributed by atoms with Crippen LogP contribution in [0.5, 0.6) is 5.75 Å².